The summed E-state index contributed by atoms with van der Waals surface area (Å²) < 4.78 is 2.01. The summed E-state index contributed by atoms with van der Waals surface area (Å²) in [5, 5.41) is 12.5. The first-order valence-corrected chi connectivity index (χ1v) is 10.5. The van der Waals surface area contributed by atoms with Crippen molar-refractivity contribution < 1.29 is 4.79 Å². The van der Waals surface area contributed by atoms with Crippen LogP contribution in [-0.2, 0) is 4.79 Å². The number of aromatic nitrogens is 3. The molecular weight excluding hydrogens is 368 g/mol. The number of nitrogens with zero attached hydrogens (tertiary/aromatic N) is 3. The summed E-state index contributed by atoms with van der Waals surface area (Å²) in [5.41, 5.74) is 3.17. The first-order chi connectivity index (χ1) is 13.5. The average Bonchev–Trinajstić information content (AvgIpc) is 3.11. The van der Waals surface area contributed by atoms with Crippen LogP contribution in [-0.4, -0.2) is 33.0 Å². The van der Waals surface area contributed by atoms with Crippen molar-refractivity contribution in [3.8, 4) is 17.1 Å². The number of carbonyl (C=O) groups is 1. The number of hydrogen-bond donors (Lipinski definition) is 1. The molecule has 0 spiro atoms. The molecule has 0 unspecified atom stereocenters. The van der Waals surface area contributed by atoms with Crippen molar-refractivity contribution in [2.45, 2.75) is 32.3 Å². The third kappa shape index (κ3) is 5.23. The molecule has 1 aromatic heterocycles. The topological polar surface area (TPSA) is 59.8 Å². The molecule has 0 radical (unpaired) electrons. The van der Waals surface area contributed by atoms with Crippen LogP contribution in [0.1, 0.15) is 25.8 Å². The highest BCUT2D eigenvalue weighted by molar-refractivity contribution is 7.99. The molecule has 0 aliphatic heterocycles. The number of carbonyl (C=O) groups excluding carboxylic acids is 1. The minimum Gasteiger partial charge on any atom is -0.355 e. The van der Waals surface area contributed by atoms with Gasteiger partial charge in [-0.1, -0.05) is 73.6 Å². The smallest absolute Gasteiger partial charge is 0.230 e. The van der Waals surface area contributed by atoms with Crippen molar-refractivity contribution in [2.24, 2.45) is 5.92 Å². The number of para-hydroxylation sites is 1. The van der Waals surface area contributed by atoms with E-state index >= 15 is 0 Å². The van der Waals surface area contributed by atoms with Gasteiger partial charge in [-0.25, -0.2) is 0 Å². The molecule has 5 nitrogen and oxygen atoms in total. The zero-order valence-corrected chi connectivity index (χ0v) is 17.4. The number of nitrogens with one attached hydrogen (secondary N) is 1. The van der Waals surface area contributed by atoms with Crippen molar-refractivity contribution in [3.63, 3.8) is 0 Å². The van der Waals surface area contributed by atoms with Crippen molar-refractivity contribution in [1.29, 1.82) is 0 Å². The molecule has 0 aliphatic carbocycles. The third-order valence-corrected chi connectivity index (χ3v) is 5.26. The number of amides is 1. The van der Waals surface area contributed by atoms with Crippen molar-refractivity contribution in [3.05, 3.63) is 60.2 Å². The third-order valence-electron chi connectivity index (χ3n) is 4.33. The maximum Gasteiger partial charge on any atom is 0.230 e. The molecule has 6 heteroatoms. The molecule has 1 amide bonds. The number of aryl methyl sites for hydroxylation is 1. The maximum atomic E-state index is 12.2. The second kappa shape index (κ2) is 9.55. The highest BCUT2D eigenvalue weighted by Crippen LogP contribution is 2.28. The molecule has 0 fully saturated rings. The Morgan fingerprint density at radius 3 is 2.46 bits per heavy atom. The van der Waals surface area contributed by atoms with Gasteiger partial charge in [-0.15, -0.1) is 10.2 Å². The van der Waals surface area contributed by atoms with E-state index in [0.717, 1.165) is 23.5 Å². The van der Waals surface area contributed by atoms with Crippen molar-refractivity contribution in [2.75, 3.05) is 12.3 Å². The van der Waals surface area contributed by atoms with E-state index in [-0.39, 0.29) is 5.91 Å². The van der Waals surface area contributed by atoms with Crippen LogP contribution >= 0.6 is 11.8 Å². The largest absolute Gasteiger partial charge is 0.355 e. The SMILES string of the molecule is Cc1ccc(-c2nnc(SCC(=O)NCCC(C)C)n2-c2ccccc2)cc1. The van der Waals surface area contributed by atoms with Gasteiger partial charge in [-0.3, -0.25) is 9.36 Å². The van der Waals surface area contributed by atoms with Crippen LogP contribution in [0.15, 0.2) is 59.8 Å². The van der Waals surface area contributed by atoms with E-state index in [0.29, 0.717) is 23.4 Å². The first-order valence-electron chi connectivity index (χ1n) is 9.52. The molecule has 0 atom stereocenters. The Kier molecular flexibility index (Phi) is 6.87. The standard InChI is InChI=1S/C22H26N4OS/c1-16(2)13-14-23-20(27)15-28-22-25-24-21(18-11-9-17(3)10-12-18)26(22)19-7-5-4-6-8-19/h4-12,16H,13-15H2,1-3H3,(H,23,27). The normalized spacial score (nSPS) is 11.0. The summed E-state index contributed by atoms with van der Waals surface area (Å²) in [7, 11) is 0. The van der Waals surface area contributed by atoms with E-state index in [2.05, 4.69) is 48.4 Å². The van der Waals surface area contributed by atoms with Crippen LogP contribution in [0, 0.1) is 12.8 Å². The highest BCUT2D eigenvalue weighted by atomic mass is 32.2. The second-order valence-electron chi connectivity index (χ2n) is 7.16. The van der Waals surface area contributed by atoms with Gasteiger partial charge in [-0.05, 0) is 31.4 Å². The average molecular weight is 395 g/mol. The van der Waals surface area contributed by atoms with Crippen LogP contribution in [0.2, 0.25) is 0 Å². The zero-order valence-electron chi connectivity index (χ0n) is 16.6. The maximum absolute atomic E-state index is 12.2. The predicted octanol–water partition coefficient (Wildman–Crippen LogP) is 4.50. The van der Waals surface area contributed by atoms with Crippen molar-refractivity contribution in [1.82, 2.24) is 20.1 Å². The molecule has 3 aromatic rings. The van der Waals surface area contributed by atoms with Gasteiger partial charge in [0.25, 0.3) is 0 Å². The fraction of sp³-hybridized carbons (Fsp3) is 0.318. The fourth-order valence-electron chi connectivity index (χ4n) is 2.74. The van der Waals surface area contributed by atoms with Crippen LogP contribution < -0.4 is 5.32 Å². The van der Waals surface area contributed by atoms with E-state index in [1.54, 1.807) is 0 Å². The van der Waals surface area contributed by atoms with E-state index in [1.165, 1.54) is 17.3 Å². The minimum absolute atomic E-state index is 0.0187. The zero-order chi connectivity index (χ0) is 19.9. The molecule has 0 bridgehead atoms. The Balaban J connectivity index is 1.81. The molecule has 0 saturated carbocycles. The van der Waals surface area contributed by atoms with Gasteiger partial charge >= 0.3 is 0 Å². The lowest BCUT2D eigenvalue weighted by Crippen LogP contribution is -2.27. The van der Waals surface area contributed by atoms with E-state index in [1.807, 2.05) is 47.0 Å². The summed E-state index contributed by atoms with van der Waals surface area (Å²) in [5.74, 6) is 1.68. The van der Waals surface area contributed by atoms with Gasteiger partial charge in [0.15, 0.2) is 11.0 Å². The van der Waals surface area contributed by atoms with Gasteiger partial charge in [0.2, 0.25) is 5.91 Å². The number of rotatable bonds is 8. The second-order valence-corrected chi connectivity index (χ2v) is 8.11. The van der Waals surface area contributed by atoms with Crippen LogP contribution in [0.3, 0.4) is 0 Å². The fourth-order valence-corrected chi connectivity index (χ4v) is 3.53. The summed E-state index contributed by atoms with van der Waals surface area (Å²) in [6.07, 6.45) is 0.980. The van der Waals surface area contributed by atoms with Crippen LogP contribution in [0.5, 0.6) is 0 Å². The molecular formula is C22H26N4OS. The number of hydrogen-bond acceptors (Lipinski definition) is 4. The number of thioether (sulfide) groups is 1. The molecule has 3 rings (SSSR count). The Labute approximate surface area is 170 Å². The quantitative estimate of drug-likeness (QED) is 0.572. The van der Waals surface area contributed by atoms with Crippen LogP contribution in [0.4, 0.5) is 0 Å². The van der Waals surface area contributed by atoms with Gasteiger partial charge < -0.3 is 5.32 Å². The lowest BCUT2D eigenvalue weighted by atomic mass is 10.1. The predicted molar refractivity (Wildman–Crippen MR) is 115 cm³/mol. The Bertz CT molecular complexity index is 904. The lowest BCUT2D eigenvalue weighted by Gasteiger charge is -2.11. The lowest BCUT2D eigenvalue weighted by molar-refractivity contribution is -0.118. The van der Waals surface area contributed by atoms with Crippen LogP contribution in [0.25, 0.3) is 17.1 Å². The summed E-state index contributed by atoms with van der Waals surface area (Å²) in [4.78, 5) is 12.2. The molecule has 0 saturated heterocycles. The first kappa shape index (κ1) is 20.1. The monoisotopic (exact) mass is 394 g/mol. The van der Waals surface area contributed by atoms with E-state index in [9.17, 15) is 4.79 Å². The molecule has 1 N–H and O–H groups in total. The highest BCUT2D eigenvalue weighted by Gasteiger charge is 2.17. The Morgan fingerprint density at radius 1 is 1.07 bits per heavy atom. The molecule has 2 aromatic carbocycles. The van der Waals surface area contributed by atoms with Gasteiger partial charge in [0.1, 0.15) is 0 Å². The van der Waals surface area contributed by atoms with Gasteiger partial charge in [0, 0.05) is 17.8 Å². The minimum atomic E-state index is 0.0187. The molecule has 146 valence electrons. The Morgan fingerprint density at radius 2 is 1.79 bits per heavy atom. The molecule has 1 heterocycles. The van der Waals surface area contributed by atoms with E-state index in [4.69, 9.17) is 0 Å². The number of benzene rings is 2. The Hall–Kier alpha value is -2.60. The van der Waals surface area contributed by atoms with Crippen molar-refractivity contribution >= 4 is 17.7 Å². The molecule has 28 heavy (non-hydrogen) atoms. The molecule has 0 aliphatic rings. The summed E-state index contributed by atoms with van der Waals surface area (Å²) >= 11 is 1.40. The summed E-state index contributed by atoms with van der Waals surface area (Å²) in [6, 6.07) is 18.2. The summed E-state index contributed by atoms with van der Waals surface area (Å²) in [6.45, 7) is 7.06. The van der Waals surface area contributed by atoms with E-state index < -0.39 is 0 Å². The van der Waals surface area contributed by atoms with Gasteiger partial charge in [-0.2, -0.15) is 0 Å². The van der Waals surface area contributed by atoms with Gasteiger partial charge in [0.05, 0.1) is 5.75 Å².